The van der Waals surface area contributed by atoms with Crippen LogP contribution in [0.4, 0.5) is 10.1 Å². The van der Waals surface area contributed by atoms with Crippen molar-refractivity contribution in [2.75, 3.05) is 44.7 Å². The molecule has 0 radical (unpaired) electrons. The number of anilines is 1. The lowest BCUT2D eigenvalue weighted by atomic mass is 10.0. The van der Waals surface area contributed by atoms with Crippen LogP contribution in [0.1, 0.15) is 45.7 Å². The highest BCUT2D eigenvalue weighted by molar-refractivity contribution is 6.34. The first-order chi connectivity index (χ1) is 15.9. The number of benzene rings is 1. The summed E-state index contributed by atoms with van der Waals surface area (Å²) in [5.41, 5.74) is 4.45. The molecule has 0 bridgehead atoms. The molecule has 4 heterocycles. The average Bonchev–Trinajstić information content (AvgIpc) is 3.45. The molecule has 5 rings (SSSR count). The smallest absolute Gasteiger partial charge is 0.256 e. The Hall–Kier alpha value is -2.97. The molecular weight excluding hydrogens is 423 g/mol. The maximum absolute atomic E-state index is 13.8. The first kappa shape index (κ1) is 21.9. The van der Waals surface area contributed by atoms with Gasteiger partial charge in [0.05, 0.1) is 24.4 Å². The Labute approximate surface area is 192 Å². The van der Waals surface area contributed by atoms with Gasteiger partial charge in [0.25, 0.3) is 11.8 Å². The van der Waals surface area contributed by atoms with Gasteiger partial charge in [-0.2, -0.15) is 0 Å². The van der Waals surface area contributed by atoms with E-state index in [-0.39, 0.29) is 17.9 Å². The van der Waals surface area contributed by atoms with Crippen molar-refractivity contribution in [3.8, 4) is 0 Å². The minimum Gasteiger partial charge on any atom is -0.379 e. The Morgan fingerprint density at radius 3 is 2.82 bits per heavy atom. The summed E-state index contributed by atoms with van der Waals surface area (Å²) in [5.74, 6) is -0.643. The molecule has 33 heavy (non-hydrogen) atoms. The number of H-pyrrole nitrogens is 1. The van der Waals surface area contributed by atoms with Crippen molar-refractivity contribution in [2.24, 2.45) is 0 Å². The lowest BCUT2D eigenvalue weighted by Gasteiger charge is -2.33. The van der Waals surface area contributed by atoms with Crippen molar-refractivity contribution < 1.29 is 18.7 Å². The van der Waals surface area contributed by atoms with E-state index < -0.39 is 5.82 Å². The van der Waals surface area contributed by atoms with Crippen LogP contribution >= 0.6 is 0 Å². The summed E-state index contributed by atoms with van der Waals surface area (Å²) < 4.78 is 19.2. The summed E-state index contributed by atoms with van der Waals surface area (Å²) in [7, 11) is 0. The van der Waals surface area contributed by atoms with Crippen LogP contribution in [0.5, 0.6) is 0 Å². The van der Waals surface area contributed by atoms with Crippen molar-refractivity contribution in [2.45, 2.75) is 32.7 Å². The third-order valence-electron chi connectivity index (χ3n) is 6.95. The molecular formula is C25H29FN4O3. The Balaban J connectivity index is 1.41. The number of nitrogens with one attached hydrogen (secondary N) is 2. The minimum atomic E-state index is -0.397. The third kappa shape index (κ3) is 4.09. The summed E-state index contributed by atoms with van der Waals surface area (Å²) in [6.07, 6.45) is 3.72. The van der Waals surface area contributed by atoms with Crippen LogP contribution < -0.4 is 5.32 Å². The highest BCUT2D eigenvalue weighted by Crippen LogP contribution is 2.35. The molecule has 3 aliphatic heterocycles. The molecule has 3 aliphatic rings. The second-order valence-corrected chi connectivity index (χ2v) is 9.07. The molecule has 1 aromatic carbocycles. The number of hydrogen-bond acceptors (Lipinski definition) is 4. The average molecular weight is 453 g/mol. The van der Waals surface area contributed by atoms with E-state index in [0.29, 0.717) is 28.1 Å². The summed E-state index contributed by atoms with van der Waals surface area (Å²) in [5, 5.41) is 2.77. The van der Waals surface area contributed by atoms with Gasteiger partial charge in [-0.1, -0.05) is 0 Å². The van der Waals surface area contributed by atoms with Crippen molar-refractivity contribution in [3.05, 3.63) is 52.1 Å². The number of rotatable bonds is 4. The quantitative estimate of drug-likeness (QED) is 0.699. The number of hydrogen-bond donors (Lipinski definition) is 2. The number of fused-ring (bicyclic) bond motifs is 1. The molecule has 2 N–H and O–H groups in total. The van der Waals surface area contributed by atoms with Gasteiger partial charge >= 0.3 is 0 Å². The Bertz CT molecular complexity index is 1130. The monoisotopic (exact) mass is 452 g/mol. The largest absolute Gasteiger partial charge is 0.379 e. The van der Waals surface area contributed by atoms with E-state index in [0.717, 1.165) is 63.5 Å². The molecule has 8 heteroatoms. The van der Waals surface area contributed by atoms with Crippen molar-refractivity contribution in [3.63, 3.8) is 0 Å². The van der Waals surface area contributed by atoms with E-state index in [9.17, 15) is 14.0 Å². The number of carbonyl (C=O) groups is 2. The molecule has 2 aromatic rings. The van der Waals surface area contributed by atoms with Gasteiger partial charge in [0.2, 0.25) is 0 Å². The minimum absolute atomic E-state index is 0.0315. The molecule has 7 nitrogen and oxygen atoms in total. The summed E-state index contributed by atoms with van der Waals surface area (Å²) in [6, 6.07) is 4.44. The fourth-order valence-electron chi connectivity index (χ4n) is 5.21. The van der Waals surface area contributed by atoms with Gasteiger partial charge in [0.15, 0.2) is 0 Å². The van der Waals surface area contributed by atoms with Gasteiger partial charge in [-0.3, -0.25) is 14.5 Å². The number of morpholine rings is 1. The second-order valence-electron chi connectivity index (χ2n) is 9.07. The summed E-state index contributed by atoms with van der Waals surface area (Å²) >= 11 is 0. The van der Waals surface area contributed by atoms with Crippen LogP contribution in [-0.2, 0) is 9.53 Å². The van der Waals surface area contributed by atoms with E-state index in [4.69, 9.17) is 4.74 Å². The second kappa shape index (κ2) is 8.76. The summed E-state index contributed by atoms with van der Waals surface area (Å²) in [6.45, 7) is 8.71. The number of halogens is 1. The van der Waals surface area contributed by atoms with Crippen LogP contribution in [0, 0.1) is 19.7 Å². The van der Waals surface area contributed by atoms with Gasteiger partial charge in [-0.25, -0.2) is 4.39 Å². The molecule has 2 saturated heterocycles. The van der Waals surface area contributed by atoms with Crippen LogP contribution in [0.15, 0.2) is 18.2 Å². The highest BCUT2D eigenvalue weighted by Gasteiger charge is 2.33. The lowest BCUT2D eigenvalue weighted by Crippen LogP contribution is -2.46. The van der Waals surface area contributed by atoms with Gasteiger partial charge in [-0.05, 0) is 56.5 Å². The highest BCUT2D eigenvalue weighted by atomic mass is 19.1. The van der Waals surface area contributed by atoms with Gasteiger partial charge in [-0.15, -0.1) is 0 Å². The Morgan fingerprint density at radius 1 is 1.24 bits per heavy atom. The molecule has 0 saturated carbocycles. The van der Waals surface area contributed by atoms with E-state index in [2.05, 4.69) is 15.2 Å². The van der Waals surface area contributed by atoms with Gasteiger partial charge < -0.3 is 19.9 Å². The molecule has 2 amide bonds. The van der Waals surface area contributed by atoms with Crippen molar-refractivity contribution in [1.82, 2.24) is 14.8 Å². The SMILES string of the molecule is Cc1[nH]c(/C=C2\C(=O)Nc3ccc(F)cc32)c(C)c1C(=O)N1CCC[C@@H]1CN1CCOCC1. The number of aromatic amines is 1. The number of ether oxygens (including phenoxy) is 1. The zero-order chi connectivity index (χ0) is 23.1. The number of amides is 2. The van der Waals surface area contributed by atoms with Gasteiger partial charge in [0, 0.05) is 54.9 Å². The Kier molecular flexibility index (Phi) is 5.80. The molecule has 2 fully saturated rings. The van der Waals surface area contributed by atoms with Crippen molar-refractivity contribution >= 4 is 29.2 Å². The van der Waals surface area contributed by atoms with Gasteiger partial charge in [0.1, 0.15) is 5.82 Å². The molecule has 0 spiro atoms. The number of likely N-dealkylation sites (tertiary alicyclic amines) is 1. The predicted molar refractivity (Wildman–Crippen MR) is 124 cm³/mol. The normalized spacial score (nSPS) is 22.2. The first-order valence-corrected chi connectivity index (χ1v) is 11.6. The predicted octanol–water partition coefficient (Wildman–Crippen LogP) is 3.20. The van der Waals surface area contributed by atoms with Crippen LogP contribution in [0.3, 0.4) is 0 Å². The lowest BCUT2D eigenvalue weighted by molar-refractivity contribution is -0.110. The number of aromatic nitrogens is 1. The number of carbonyl (C=O) groups excluding carboxylic acids is 2. The fraction of sp³-hybridized carbons (Fsp3) is 0.440. The topological polar surface area (TPSA) is 77.7 Å². The van der Waals surface area contributed by atoms with E-state index >= 15 is 0 Å². The zero-order valence-electron chi connectivity index (χ0n) is 19.0. The Morgan fingerprint density at radius 2 is 2.03 bits per heavy atom. The molecule has 174 valence electrons. The van der Waals surface area contributed by atoms with Crippen LogP contribution in [0.2, 0.25) is 0 Å². The number of aryl methyl sites for hydroxylation is 1. The first-order valence-electron chi connectivity index (χ1n) is 11.6. The third-order valence-corrected chi connectivity index (χ3v) is 6.95. The van der Waals surface area contributed by atoms with E-state index in [1.807, 2.05) is 18.7 Å². The number of nitrogens with zero attached hydrogens (tertiary/aromatic N) is 2. The zero-order valence-corrected chi connectivity index (χ0v) is 19.0. The molecule has 0 aliphatic carbocycles. The fourth-order valence-corrected chi connectivity index (χ4v) is 5.21. The molecule has 1 atom stereocenters. The van der Waals surface area contributed by atoms with E-state index in [1.165, 1.54) is 12.1 Å². The summed E-state index contributed by atoms with van der Waals surface area (Å²) in [4.78, 5) is 33.8. The molecule has 0 unspecified atom stereocenters. The van der Waals surface area contributed by atoms with E-state index in [1.54, 1.807) is 12.1 Å². The molecule has 1 aromatic heterocycles. The maximum atomic E-state index is 13.8. The van der Waals surface area contributed by atoms with Crippen LogP contribution in [-0.4, -0.2) is 72.0 Å². The van der Waals surface area contributed by atoms with Crippen molar-refractivity contribution in [1.29, 1.82) is 0 Å². The maximum Gasteiger partial charge on any atom is 0.256 e. The standard InChI is InChI=1S/C25H29FN4O3/c1-15-22(13-20-19-12-17(26)5-6-21(19)28-24(20)31)27-16(2)23(15)25(32)30-7-3-4-18(30)14-29-8-10-33-11-9-29/h5-6,12-13,18,27H,3-4,7-11,14H2,1-2H3,(H,28,31)/b20-13-/t18-/m1/s1. The van der Waals surface area contributed by atoms with Crippen LogP contribution in [0.25, 0.3) is 11.6 Å².